The number of nitrogens with one attached hydrogen (secondary N) is 1. The van der Waals surface area contributed by atoms with Crippen LogP contribution in [0.4, 0.5) is 5.69 Å². The van der Waals surface area contributed by atoms with Crippen LogP contribution in [0.1, 0.15) is 29.0 Å². The van der Waals surface area contributed by atoms with Gasteiger partial charge in [0, 0.05) is 23.3 Å². The molecule has 2 aliphatic rings. The molecule has 0 saturated heterocycles. The molecule has 3 aromatic rings. The number of methoxy groups -OCH3 is 1. The smallest absolute Gasteiger partial charge is 0.269 e. The lowest BCUT2D eigenvalue weighted by molar-refractivity contribution is -0.385. The predicted octanol–water partition coefficient (Wildman–Crippen LogP) is 4.60. The van der Waals surface area contributed by atoms with Crippen molar-refractivity contribution < 1.29 is 14.4 Å². The first-order valence-corrected chi connectivity index (χ1v) is 9.55. The summed E-state index contributed by atoms with van der Waals surface area (Å²) in [6.45, 7) is 0. The van der Waals surface area contributed by atoms with Gasteiger partial charge in [0.15, 0.2) is 6.23 Å². The van der Waals surface area contributed by atoms with E-state index in [-0.39, 0.29) is 11.7 Å². The van der Waals surface area contributed by atoms with Crippen molar-refractivity contribution in [2.75, 3.05) is 7.11 Å². The summed E-state index contributed by atoms with van der Waals surface area (Å²) in [6, 6.07) is 22.1. The van der Waals surface area contributed by atoms with Gasteiger partial charge in [-0.05, 0) is 29.8 Å². The molecule has 150 valence electrons. The fourth-order valence-corrected chi connectivity index (χ4v) is 3.90. The van der Waals surface area contributed by atoms with Crippen LogP contribution >= 0.6 is 0 Å². The minimum Gasteiger partial charge on any atom is -0.497 e. The van der Waals surface area contributed by atoms with Crippen LogP contribution in [0.25, 0.3) is 5.70 Å². The second-order valence-electron chi connectivity index (χ2n) is 7.14. The first kappa shape index (κ1) is 18.2. The summed E-state index contributed by atoms with van der Waals surface area (Å²) in [5.74, 6) is 1.47. The lowest BCUT2D eigenvalue weighted by Gasteiger charge is -2.39. The number of nitrogens with zero attached hydrogens (tertiary/aromatic N) is 2. The van der Waals surface area contributed by atoms with E-state index in [1.54, 1.807) is 19.2 Å². The number of fused-ring (bicyclic) bond motifs is 3. The molecule has 2 heterocycles. The Labute approximate surface area is 173 Å². The summed E-state index contributed by atoms with van der Waals surface area (Å²) in [6.07, 6.45) is 1.61. The van der Waals surface area contributed by atoms with E-state index in [2.05, 4.69) is 11.5 Å². The lowest BCUT2D eigenvalue weighted by Crippen LogP contribution is -2.43. The lowest BCUT2D eigenvalue weighted by atomic mass is 10.00. The Bertz CT molecular complexity index is 1150. The van der Waals surface area contributed by atoms with Gasteiger partial charge in [0.25, 0.3) is 5.69 Å². The molecule has 30 heavy (non-hydrogen) atoms. The Morgan fingerprint density at radius 2 is 1.90 bits per heavy atom. The van der Waals surface area contributed by atoms with Gasteiger partial charge in [-0.3, -0.25) is 10.1 Å². The molecule has 5 rings (SSSR count). The molecule has 0 aromatic heterocycles. The minimum atomic E-state index is -0.534. The largest absolute Gasteiger partial charge is 0.497 e. The highest BCUT2D eigenvalue weighted by molar-refractivity contribution is 5.67. The molecule has 2 atom stereocenters. The monoisotopic (exact) mass is 401 g/mol. The van der Waals surface area contributed by atoms with Gasteiger partial charge in [0.2, 0.25) is 0 Å². The predicted molar refractivity (Wildman–Crippen MR) is 112 cm³/mol. The number of nitro benzene ring substituents is 1. The van der Waals surface area contributed by atoms with Gasteiger partial charge in [0.05, 0.1) is 23.8 Å². The molecule has 0 unspecified atom stereocenters. The first-order valence-electron chi connectivity index (χ1n) is 9.55. The SMILES string of the molecule is COc1ccc2c(c1)[C@H]1C=C(c3ccccc3)NN1[C@H](c1cccc([N+](=O)[O-])c1)O2. The molecule has 3 aromatic carbocycles. The van der Waals surface area contributed by atoms with Gasteiger partial charge in [-0.15, -0.1) is 0 Å². The molecule has 7 heteroatoms. The molecule has 1 N–H and O–H groups in total. The van der Waals surface area contributed by atoms with Gasteiger partial charge in [-0.25, -0.2) is 0 Å². The number of ether oxygens (including phenoxy) is 2. The number of hydrogen-bond donors (Lipinski definition) is 1. The van der Waals surface area contributed by atoms with Crippen LogP contribution < -0.4 is 14.9 Å². The third kappa shape index (κ3) is 3.05. The Kier molecular flexibility index (Phi) is 4.37. The highest BCUT2D eigenvalue weighted by Crippen LogP contribution is 2.47. The van der Waals surface area contributed by atoms with Crippen molar-refractivity contribution in [3.05, 3.63) is 106 Å². The van der Waals surface area contributed by atoms with Crippen molar-refractivity contribution in [2.45, 2.75) is 12.3 Å². The number of benzene rings is 3. The molecule has 0 amide bonds. The van der Waals surface area contributed by atoms with E-state index in [1.165, 1.54) is 6.07 Å². The van der Waals surface area contributed by atoms with Gasteiger partial charge >= 0.3 is 0 Å². The van der Waals surface area contributed by atoms with Gasteiger partial charge < -0.3 is 14.9 Å². The van der Waals surface area contributed by atoms with Crippen LogP contribution in [0.15, 0.2) is 78.9 Å². The van der Waals surface area contributed by atoms with E-state index in [1.807, 2.05) is 59.6 Å². The zero-order chi connectivity index (χ0) is 20.7. The molecule has 0 fully saturated rings. The van der Waals surface area contributed by atoms with Crippen LogP contribution in [-0.4, -0.2) is 17.0 Å². The average molecular weight is 401 g/mol. The summed E-state index contributed by atoms with van der Waals surface area (Å²) in [5.41, 5.74) is 7.15. The molecule has 0 radical (unpaired) electrons. The number of nitro groups is 1. The second kappa shape index (κ2) is 7.20. The van der Waals surface area contributed by atoms with Crippen LogP contribution in [0.5, 0.6) is 11.5 Å². The molecule has 0 bridgehead atoms. The molecule has 2 aliphatic heterocycles. The fraction of sp³-hybridized carbons (Fsp3) is 0.130. The van der Waals surface area contributed by atoms with Crippen LogP contribution in [0.2, 0.25) is 0 Å². The van der Waals surface area contributed by atoms with E-state index < -0.39 is 11.2 Å². The van der Waals surface area contributed by atoms with E-state index in [9.17, 15) is 10.1 Å². The summed E-state index contributed by atoms with van der Waals surface area (Å²) in [5, 5.41) is 13.3. The summed E-state index contributed by atoms with van der Waals surface area (Å²) >= 11 is 0. The summed E-state index contributed by atoms with van der Waals surface area (Å²) in [4.78, 5) is 10.9. The van der Waals surface area contributed by atoms with E-state index in [0.29, 0.717) is 5.56 Å². The standard InChI is InChI=1S/C23H19N3O4/c1-29-18-10-11-22-19(13-18)21-14-20(15-6-3-2-4-7-15)24-25(21)23(30-22)16-8-5-9-17(12-16)26(27)28/h2-14,21,23-24H,1H3/t21-,23+/m1/s1. The topological polar surface area (TPSA) is 76.9 Å². The van der Waals surface area contributed by atoms with Crippen molar-refractivity contribution in [1.29, 1.82) is 0 Å². The third-order valence-corrected chi connectivity index (χ3v) is 5.35. The van der Waals surface area contributed by atoms with Crippen molar-refractivity contribution in [2.24, 2.45) is 0 Å². The highest BCUT2D eigenvalue weighted by atomic mass is 16.6. The molecule has 7 nitrogen and oxygen atoms in total. The van der Waals surface area contributed by atoms with E-state index in [0.717, 1.165) is 28.3 Å². The molecule has 0 spiro atoms. The molecular formula is C23H19N3O4. The van der Waals surface area contributed by atoms with Crippen molar-refractivity contribution >= 4 is 11.4 Å². The zero-order valence-electron chi connectivity index (χ0n) is 16.2. The fourth-order valence-electron chi connectivity index (χ4n) is 3.90. The normalized spacial score (nSPS) is 19.7. The van der Waals surface area contributed by atoms with Gasteiger partial charge in [-0.1, -0.05) is 42.5 Å². The van der Waals surface area contributed by atoms with Crippen molar-refractivity contribution in [3.63, 3.8) is 0 Å². The van der Waals surface area contributed by atoms with Gasteiger partial charge in [0.1, 0.15) is 11.5 Å². The maximum Gasteiger partial charge on any atom is 0.269 e. The molecule has 0 aliphatic carbocycles. The summed E-state index contributed by atoms with van der Waals surface area (Å²) < 4.78 is 11.7. The quantitative estimate of drug-likeness (QED) is 0.509. The zero-order valence-corrected chi connectivity index (χ0v) is 16.2. The maximum atomic E-state index is 11.3. The summed E-state index contributed by atoms with van der Waals surface area (Å²) in [7, 11) is 1.63. The van der Waals surface area contributed by atoms with Crippen LogP contribution in [-0.2, 0) is 0 Å². The maximum absolute atomic E-state index is 11.3. The third-order valence-electron chi connectivity index (χ3n) is 5.35. The number of hydrogen-bond acceptors (Lipinski definition) is 6. The van der Waals surface area contributed by atoms with E-state index >= 15 is 0 Å². The Balaban J connectivity index is 1.60. The second-order valence-corrected chi connectivity index (χ2v) is 7.14. The average Bonchev–Trinajstić information content (AvgIpc) is 3.24. The molecule has 0 saturated carbocycles. The Morgan fingerprint density at radius 1 is 1.07 bits per heavy atom. The van der Waals surface area contributed by atoms with Crippen LogP contribution in [0, 0.1) is 10.1 Å². The van der Waals surface area contributed by atoms with Gasteiger partial charge in [-0.2, -0.15) is 5.01 Å². The minimum absolute atomic E-state index is 0.0311. The van der Waals surface area contributed by atoms with Crippen LogP contribution in [0.3, 0.4) is 0 Å². The van der Waals surface area contributed by atoms with Crippen molar-refractivity contribution in [1.82, 2.24) is 10.4 Å². The number of non-ortho nitro benzene ring substituents is 1. The van der Waals surface area contributed by atoms with Crippen molar-refractivity contribution in [3.8, 4) is 11.5 Å². The number of rotatable bonds is 4. The Hall–Kier alpha value is -3.84. The Morgan fingerprint density at radius 3 is 2.67 bits per heavy atom. The van der Waals surface area contributed by atoms with E-state index in [4.69, 9.17) is 9.47 Å². The highest BCUT2D eigenvalue weighted by Gasteiger charge is 2.40. The molecular weight excluding hydrogens is 382 g/mol. The first-order chi connectivity index (χ1) is 14.6. The number of hydrazine groups is 1.